The third kappa shape index (κ3) is 3.24. The maximum absolute atomic E-state index is 14.0. The van der Waals surface area contributed by atoms with E-state index in [1.807, 2.05) is 0 Å². The highest BCUT2D eigenvalue weighted by molar-refractivity contribution is 5.85. The number of pyridine rings is 3. The number of anilines is 2. The third-order valence-electron chi connectivity index (χ3n) is 3.94. The summed E-state index contributed by atoms with van der Waals surface area (Å²) in [6.45, 7) is 0. The van der Waals surface area contributed by atoms with E-state index in [2.05, 4.69) is 20.3 Å². The Kier molecular flexibility index (Phi) is 4.08. The topological polar surface area (TPSA) is 70.7 Å². The Labute approximate surface area is 150 Å². The zero-order valence-corrected chi connectivity index (χ0v) is 13.6. The van der Waals surface area contributed by atoms with Crippen molar-refractivity contribution in [2.45, 2.75) is 0 Å². The number of aromatic amines is 1. The second-order valence-electron chi connectivity index (χ2n) is 5.75. The van der Waals surface area contributed by atoms with Gasteiger partial charge in [0.05, 0.1) is 22.8 Å². The first-order chi connectivity index (χ1) is 13.0. The number of rotatable bonds is 3. The normalized spacial score (nSPS) is 10.9. The van der Waals surface area contributed by atoms with Crippen molar-refractivity contribution in [2.24, 2.45) is 0 Å². The van der Waals surface area contributed by atoms with E-state index >= 15 is 0 Å². The monoisotopic (exact) mass is 368 g/mol. The highest BCUT2D eigenvalue weighted by Gasteiger charge is 2.15. The highest BCUT2D eigenvalue weighted by Crippen LogP contribution is 2.26. The lowest BCUT2D eigenvalue weighted by Crippen LogP contribution is -2.11. The molecule has 0 aliphatic carbocycles. The van der Waals surface area contributed by atoms with Crippen molar-refractivity contribution in [1.29, 1.82) is 0 Å². The fourth-order valence-corrected chi connectivity index (χ4v) is 2.69. The molecule has 0 amide bonds. The number of H-pyrrole nitrogens is 1. The summed E-state index contributed by atoms with van der Waals surface area (Å²) >= 11 is 0. The minimum Gasteiger partial charge on any atom is -0.325 e. The van der Waals surface area contributed by atoms with Crippen LogP contribution in [-0.2, 0) is 0 Å². The van der Waals surface area contributed by atoms with Crippen molar-refractivity contribution in [2.75, 3.05) is 5.32 Å². The van der Waals surface area contributed by atoms with E-state index in [4.69, 9.17) is 0 Å². The predicted octanol–water partition coefficient (Wildman–Crippen LogP) is 4.15. The lowest BCUT2D eigenvalue weighted by Gasteiger charge is -2.08. The van der Waals surface area contributed by atoms with Gasteiger partial charge in [0.2, 0.25) is 0 Å². The van der Waals surface area contributed by atoms with Crippen LogP contribution in [0.5, 0.6) is 0 Å². The number of aromatic nitrogens is 3. The molecule has 27 heavy (non-hydrogen) atoms. The highest BCUT2D eigenvalue weighted by atomic mass is 19.1. The standard InChI is InChI=1S/C19H11F3N4O/c20-11-4-5-16(24-9-11)26-17-7-15-10(8-23-17)6-12(19(27)25-15)18-13(21)2-1-3-14(18)22/h1-9H,(H,25,27)(H,23,24,26). The number of halogens is 3. The van der Waals surface area contributed by atoms with E-state index in [0.717, 1.165) is 18.3 Å². The van der Waals surface area contributed by atoms with Gasteiger partial charge in [0.1, 0.15) is 29.1 Å². The summed E-state index contributed by atoms with van der Waals surface area (Å²) in [6, 6.07) is 9.01. The molecule has 134 valence electrons. The average Bonchev–Trinajstić information content (AvgIpc) is 2.64. The Morgan fingerprint density at radius 2 is 1.63 bits per heavy atom. The maximum Gasteiger partial charge on any atom is 0.256 e. The summed E-state index contributed by atoms with van der Waals surface area (Å²) in [4.78, 5) is 23.0. The Morgan fingerprint density at radius 3 is 2.33 bits per heavy atom. The van der Waals surface area contributed by atoms with Gasteiger partial charge in [-0.3, -0.25) is 4.79 Å². The molecule has 8 heteroatoms. The van der Waals surface area contributed by atoms with Crippen LogP contribution in [0.1, 0.15) is 0 Å². The predicted molar refractivity (Wildman–Crippen MR) is 95.2 cm³/mol. The fraction of sp³-hybridized carbons (Fsp3) is 0. The van der Waals surface area contributed by atoms with Crippen LogP contribution < -0.4 is 10.9 Å². The van der Waals surface area contributed by atoms with Crippen molar-refractivity contribution >= 4 is 22.5 Å². The second-order valence-corrected chi connectivity index (χ2v) is 5.75. The van der Waals surface area contributed by atoms with E-state index in [1.165, 1.54) is 30.5 Å². The Hall–Kier alpha value is -3.68. The Balaban J connectivity index is 1.76. The molecule has 0 fully saturated rings. The van der Waals surface area contributed by atoms with Crippen LogP contribution in [0.3, 0.4) is 0 Å². The molecule has 0 atom stereocenters. The van der Waals surface area contributed by atoms with Gasteiger partial charge < -0.3 is 10.3 Å². The Bertz CT molecular complexity index is 1190. The van der Waals surface area contributed by atoms with E-state index in [9.17, 15) is 18.0 Å². The van der Waals surface area contributed by atoms with Gasteiger partial charge in [0.25, 0.3) is 5.56 Å². The van der Waals surface area contributed by atoms with Crippen LogP contribution in [0.25, 0.3) is 22.0 Å². The zero-order chi connectivity index (χ0) is 19.0. The number of nitrogens with zero attached hydrogens (tertiary/aromatic N) is 2. The number of fused-ring (bicyclic) bond motifs is 1. The molecule has 2 N–H and O–H groups in total. The molecular weight excluding hydrogens is 357 g/mol. The van der Waals surface area contributed by atoms with Crippen molar-refractivity contribution in [1.82, 2.24) is 15.0 Å². The first kappa shape index (κ1) is 16.8. The van der Waals surface area contributed by atoms with Crippen molar-refractivity contribution < 1.29 is 13.2 Å². The van der Waals surface area contributed by atoms with E-state index < -0.39 is 28.6 Å². The molecule has 0 unspecified atom stereocenters. The minimum atomic E-state index is -0.825. The van der Waals surface area contributed by atoms with Crippen LogP contribution in [0.2, 0.25) is 0 Å². The molecule has 0 spiro atoms. The molecule has 4 rings (SSSR count). The van der Waals surface area contributed by atoms with Crippen LogP contribution >= 0.6 is 0 Å². The fourth-order valence-electron chi connectivity index (χ4n) is 2.69. The summed E-state index contributed by atoms with van der Waals surface area (Å²) in [7, 11) is 0. The molecule has 3 aromatic heterocycles. The summed E-state index contributed by atoms with van der Waals surface area (Å²) < 4.78 is 40.9. The van der Waals surface area contributed by atoms with E-state index in [0.29, 0.717) is 22.5 Å². The molecule has 3 heterocycles. The molecule has 0 radical (unpaired) electrons. The molecule has 0 saturated heterocycles. The molecule has 0 saturated carbocycles. The quantitative estimate of drug-likeness (QED) is 0.570. The van der Waals surface area contributed by atoms with Gasteiger partial charge in [-0.25, -0.2) is 23.1 Å². The van der Waals surface area contributed by atoms with Gasteiger partial charge in [0, 0.05) is 17.6 Å². The third-order valence-corrected chi connectivity index (χ3v) is 3.94. The van der Waals surface area contributed by atoms with Crippen molar-refractivity contribution in [3.05, 3.63) is 82.7 Å². The first-order valence-corrected chi connectivity index (χ1v) is 7.87. The van der Waals surface area contributed by atoms with Crippen LogP contribution in [-0.4, -0.2) is 15.0 Å². The number of benzene rings is 1. The summed E-state index contributed by atoms with van der Waals surface area (Å²) in [5, 5.41) is 3.37. The molecule has 4 aromatic rings. The maximum atomic E-state index is 14.0. The smallest absolute Gasteiger partial charge is 0.256 e. The minimum absolute atomic E-state index is 0.124. The lowest BCUT2D eigenvalue weighted by molar-refractivity contribution is 0.589. The average molecular weight is 368 g/mol. The summed E-state index contributed by atoms with van der Waals surface area (Å²) in [6.07, 6.45) is 2.50. The summed E-state index contributed by atoms with van der Waals surface area (Å²) in [5.41, 5.74) is -0.733. The summed E-state index contributed by atoms with van der Waals surface area (Å²) in [5.74, 6) is -1.39. The van der Waals surface area contributed by atoms with Crippen LogP contribution in [0.4, 0.5) is 24.8 Å². The van der Waals surface area contributed by atoms with Gasteiger partial charge in [-0.1, -0.05) is 6.07 Å². The second kappa shape index (κ2) is 6.56. The van der Waals surface area contributed by atoms with Crippen molar-refractivity contribution in [3.63, 3.8) is 0 Å². The van der Waals surface area contributed by atoms with Gasteiger partial charge in [-0.05, 0) is 30.3 Å². The molecule has 0 aliphatic heterocycles. The van der Waals surface area contributed by atoms with Crippen LogP contribution in [0.15, 0.2) is 59.7 Å². The number of hydrogen-bond acceptors (Lipinski definition) is 4. The largest absolute Gasteiger partial charge is 0.325 e. The van der Waals surface area contributed by atoms with E-state index in [1.54, 1.807) is 6.07 Å². The van der Waals surface area contributed by atoms with Crippen molar-refractivity contribution in [3.8, 4) is 11.1 Å². The molecular formula is C19H11F3N4O. The van der Waals surface area contributed by atoms with E-state index in [-0.39, 0.29) is 5.56 Å². The molecule has 1 aromatic carbocycles. The SMILES string of the molecule is O=c1[nH]c2cc(Nc3ccc(F)cn3)ncc2cc1-c1c(F)cccc1F. The van der Waals surface area contributed by atoms with Gasteiger partial charge in [-0.15, -0.1) is 0 Å². The lowest BCUT2D eigenvalue weighted by atomic mass is 10.0. The molecule has 0 aliphatic rings. The van der Waals surface area contributed by atoms with Gasteiger partial charge >= 0.3 is 0 Å². The van der Waals surface area contributed by atoms with Gasteiger partial charge in [-0.2, -0.15) is 0 Å². The van der Waals surface area contributed by atoms with Crippen LogP contribution in [0, 0.1) is 17.5 Å². The number of nitrogens with one attached hydrogen (secondary N) is 2. The van der Waals surface area contributed by atoms with Gasteiger partial charge in [0.15, 0.2) is 0 Å². The molecule has 5 nitrogen and oxygen atoms in total. The molecule has 0 bridgehead atoms. The zero-order valence-electron chi connectivity index (χ0n) is 13.6. The number of hydrogen-bond donors (Lipinski definition) is 2. The Morgan fingerprint density at radius 1 is 0.889 bits per heavy atom. The first-order valence-electron chi connectivity index (χ1n) is 7.87.